The Hall–Kier alpha value is -2.37. The van der Waals surface area contributed by atoms with Crippen LogP contribution in [0.5, 0.6) is 0 Å². The van der Waals surface area contributed by atoms with Crippen molar-refractivity contribution in [1.82, 2.24) is 14.3 Å². The molecule has 0 aliphatic rings. The quantitative estimate of drug-likeness (QED) is 0.788. The lowest BCUT2D eigenvalue weighted by Crippen LogP contribution is -2.29. The van der Waals surface area contributed by atoms with Crippen LogP contribution >= 0.6 is 0 Å². The number of carbonyl (C=O) groups excluding carboxylic acids is 2. The van der Waals surface area contributed by atoms with Gasteiger partial charge in [-0.1, -0.05) is 6.07 Å². The van der Waals surface area contributed by atoms with Gasteiger partial charge in [0.15, 0.2) is 0 Å². The Balaban J connectivity index is 2.14. The molecule has 0 aliphatic carbocycles. The molecule has 2 aromatic rings. The average molecular weight is 275 g/mol. The topological polar surface area (TPSA) is 63.9 Å². The van der Waals surface area contributed by atoms with Crippen molar-refractivity contribution >= 4 is 17.5 Å². The number of rotatable bonds is 4. The smallest absolute Gasteiger partial charge is 0.307 e. The van der Waals surface area contributed by atoms with Crippen molar-refractivity contribution in [2.24, 2.45) is 0 Å². The number of ether oxygens (including phenoxy) is 1. The van der Waals surface area contributed by atoms with Gasteiger partial charge in [0.25, 0.3) is 5.91 Å². The molecule has 0 radical (unpaired) electrons. The number of amides is 1. The van der Waals surface area contributed by atoms with Crippen molar-refractivity contribution in [2.45, 2.75) is 13.3 Å². The molecule has 0 saturated carbocycles. The predicted molar refractivity (Wildman–Crippen MR) is 73.5 cm³/mol. The van der Waals surface area contributed by atoms with E-state index in [2.05, 4.69) is 9.72 Å². The van der Waals surface area contributed by atoms with E-state index in [9.17, 15) is 9.59 Å². The Kier molecular flexibility index (Phi) is 4.02. The normalized spacial score (nSPS) is 10.6. The van der Waals surface area contributed by atoms with E-state index >= 15 is 0 Å². The first-order valence-electron chi connectivity index (χ1n) is 6.30. The first-order valence-corrected chi connectivity index (χ1v) is 6.30. The predicted octanol–water partition coefficient (Wildman–Crippen LogP) is 1.28. The summed E-state index contributed by atoms with van der Waals surface area (Å²) >= 11 is 0. The molecule has 2 aromatic heterocycles. The highest BCUT2D eigenvalue weighted by Gasteiger charge is 2.16. The summed E-state index contributed by atoms with van der Waals surface area (Å²) in [6.45, 7) is 2.25. The number of aromatic nitrogens is 2. The number of nitrogens with zero attached hydrogens (tertiary/aromatic N) is 3. The molecule has 0 bridgehead atoms. The summed E-state index contributed by atoms with van der Waals surface area (Å²) in [5, 5.41) is 0. The van der Waals surface area contributed by atoms with Crippen LogP contribution in [-0.4, -0.2) is 46.9 Å². The summed E-state index contributed by atoms with van der Waals surface area (Å²) in [4.78, 5) is 29.1. The van der Waals surface area contributed by atoms with Gasteiger partial charge in [0.2, 0.25) is 0 Å². The maximum atomic E-state index is 12.2. The molecule has 1 amide bonds. The fourth-order valence-electron chi connectivity index (χ4n) is 1.91. The Morgan fingerprint density at radius 1 is 1.40 bits per heavy atom. The first kappa shape index (κ1) is 14.0. The summed E-state index contributed by atoms with van der Waals surface area (Å²) < 4.78 is 6.42. The molecule has 0 aromatic carbocycles. The van der Waals surface area contributed by atoms with Crippen molar-refractivity contribution in [1.29, 1.82) is 0 Å². The van der Waals surface area contributed by atoms with Crippen LogP contribution in [0.25, 0.3) is 5.65 Å². The number of imidazole rings is 1. The lowest BCUT2D eigenvalue weighted by molar-refractivity contribution is -0.140. The van der Waals surface area contributed by atoms with Crippen LogP contribution in [0.1, 0.15) is 22.6 Å². The molecule has 20 heavy (non-hydrogen) atoms. The zero-order valence-corrected chi connectivity index (χ0v) is 11.8. The van der Waals surface area contributed by atoms with Crippen molar-refractivity contribution in [3.8, 4) is 0 Å². The van der Waals surface area contributed by atoms with Crippen molar-refractivity contribution in [3.63, 3.8) is 0 Å². The van der Waals surface area contributed by atoms with E-state index in [1.165, 1.54) is 12.0 Å². The lowest BCUT2D eigenvalue weighted by Gasteiger charge is -2.14. The highest BCUT2D eigenvalue weighted by Crippen LogP contribution is 2.10. The van der Waals surface area contributed by atoms with Gasteiger partial charge in [0.05, 0.1) is 13.5 Å². The molecule has 6 nitrogen and oxygen atoms in total. The summed E-state index contributed by atoms with van der Waals surface area (Å²) in [6.07, 6.45) is 1.88. The van der Waals surface area contributed by atoms with Gasteiger partial charge in [-0.15, -0.1) is 0 Å². The Morgan fingerprint density at radius 2 is 2.15 bits per heavy atom. The third-order valence-corrected chi connectivity index (χ3v) is 3.14. The maximum absolute atomic E-state index is 12.2. The number of aryl methyl sites for hydroxylation is 1. The standard InChI is InChI=1S/C14H17N3O3/c1-10-5-4-6-12-15-11(9-17(10)12)14(19)16(2)8-7-13(18)20-3/h4-6,9H,7-8H2,1-3H3. The molecule has 2 rings (SSSR count). The number of methoxy groups -OCH3 is 1. The van der Waals surface area contributed by atoms with E-state index in [0.29, 0.717) is 12.2 Å². The molecule has 2 heterocycles. The molecule has 0 unspecified atom stereocenters. The molecule has 0 atom stereocenters. The van der Waals surface area contributed by atoms with E-state index in [1.807, 2.05) is 29.5 Å². The number of carbonyl (C=O) groups is 2. The fraction of sp³-hybridized carbons (Fsp3) is 0.357. The molecule has 6 heteroatoms. The minimum absolute atomic E-state index is 0.172. The molecule has 0 spiro atoms. The second-order valence-electron chi connectivity index (χ2n) is 4.57. The van der Waals surface area contributed by atoms with Crippen molar-refractivity contribution in [2.75, 3.05) is 20.7 Å². The number of esters is 1. The van der Waals surface area contributed by atoms with Gasteiger partial charge in [0.1, 0.15) is 11.3 Å². The van der Waals surface area contributed by atoms with Crippen LogP contribution in [0.15, 0.2) is 24.4 Å². The highest BCUT2D eigenvalue weighted by atomic mass is 16.5. The van der Waals surface area contributed by atoms with Crippen LogP contribution in [0.4, 0.5) is 0 Å². The molecule has 0 aliphatic heterocycles. The van der Waals surface area contributed by atoms with Gasteiger partial charge in [0, 0.05) is 25.5 Å². The van der Waals surface area contributed by atoms with Gasteiger partial charge >= 0.3 is 5.97 Å². The van der Waals surface area contributed by atoms with Crippen LogP contribution in [0.2, 0.25) is 0 Å². The van der Waals surface area contributed by atoms with Crippen LogP contribution in [-0.2, 0) is 9.53 Å². The van der Waals surface area contributed by atoms with Gasteiger partial charge < -0.3 is 14.0 Å². The van der Waals surface area contributed by atoms with Gasteiger partial charge in [-0.05, 0) is 19.1 Å². The third-order valence-electron chi connectivity index (χ3n) is 3.14. The van der Waals surface area contributed by atoms with Gasteiger partial charge in [-0.25, -0.2) is 4.98 Å². The minimum Gasteiger partial charge on any atom is -0.469 e. The number of hydrogen-bond acceptors (Lipinski definition) is 4. The summed E-state index contributed by atoms with van der Waals surface area (Å²) in [7, 11) is 2.97. The number of pyridine rings is 1. The largest absolute Gasteiger partial charge is 0.469 e. The zero-order chi connectivity index (χ0) is 14.7. The van der Waals surface area contributed by atoms with Crippen molar-refractivity contribution in [3.05, 3.63) is 35.8 Å². The van der Waals surface area contributed by atoms with Crippen LogP contribution in [0, 0.1) is 6.92 Å². The summed E-state index contributed by atoms with van der Waals surface area (Å²) in [6, 6.07) is 5.69. The van der Waals surface area contributed by atoms with E-state index in [4.69, 9.17) is 0 Å². The number of hydrogen-bond donors (Lipinski definition) is 0. The highest BCUT2D eigenvalue weighted by molar-refractivity contribution is 5.93. The SMILES string of the molecule is COC(=O)CCN(C)C(=O)c1cn2c(C)cccc2n1. The maximum Gasteiger partial charge on any atom is 0.307 e. The van der Waals surface area contributed by atoms with Gasteiger partial charge in [-0.2, -0.15) is 0 Å². The lowest BCUT2D eigenvalue weighted by atomic mass is 10.3. The van der Waals surface area contributed by atoms with Crippen LogP contribution in [0.3, 0.4) is 0 Å². The zero-order valence-electron chi connectivity index (χ0n) is 11.8. The second-order valence-corrected chi connectivity index (χ2v) is 4.57. The van der Waals surface area contributed by atoms with E-state index in [-0.39, 0.29) is 18.3 Å². The molecule has 0 fully saturated rings. The minimum atomic E-state index is -0.338. The molecule has 0 N–H and O–H groups in total. The fourth-order valence-corrected chi connectivity index (χ4v) is 1.91. The molecular weight excluding hydrogens is 258 g/mol. The Morgan fingerprint density at radius 3 is 2.80 bits per heavy atom. The Labute approximate surface area is 117 Å². The molecule has 0 saturated heterocycles. The van der Waals surface area contributed by atoms with E-state index in [0.717, 1.165) is 11.3 Å². The second kappa shape index (κ2) is 5.73. The average Bonchev–Trinajstić information content (AvgIpc) is 2.89. The molecule has 106 valence electrons. The first-order chi connectivity index (χ1) is 9.52. The van der Waals surface area contributed by atoms with E-state index < -0.39 is 0 Å². The van der Waals surface area contributed by atoms with Crippen LogP contribution < -0.4 is 0 Å². The molecular formula is C14H17N3O3. The summed E-state index contributed by atoms with van der Waals surface area (Å²) in [5.41, 5.74) is 2.10. The van der Waals surface area contributed by atoms with E-state index in [1.54, 1.807) is 13.2 Å². The number of fused-ring (bicyclic) bond motifs is 1. The Bertz CT molecular complexity index is 648. The van der Waals surface area contributed by atoms with Gasteiger partial charge in [-0.3, -0.25) is 9.59 Å². The van der Waals surface area contributed by atoms with Crippen molar-refractivity contribution < 1.29 is 14.3 Å². The monoisotopic (exact) mass is 275 g/mol. The third kappa shape index (κ3) is 2.79. The summed E-state index contributed by atoms with van der Waals surface area (Å²) in [5.74, 6) is -0.549.